The molecule has 2 aliphatic carbocycles. The van der Waals surface area contributed by atoms with E-state index in [2.05, 4.69) is 12.1 Å². The van der Waals surface area contributed by atoms with Crippen molar-refractivity contribution < 1.29 is 24.1 Å². The molecule has 1 N–H and O–H groups in total. The Kier molecular flexibility index (Phi) is 4.85. The molecule has 0 saturated heterocycles. The van der Waals surface area contributed by atoms with Gasteiger partial charge < -0.3 is 19.3 Å². The fourth-order valence-electron chi connectivity index (χ4n) is 4.66. The first-order valence-corrected chi connectivity index (χ1v) is 9.39. The van der Waals surface area contributed by atoms with Crippen molar-refractivity contribution in [1.29, 1.82) is 0 Å². The Bertz CT molecular complexity index is 932. The van der Waals surface area contributed by atoms with Crippen LogP contribution in [-0.2, 0) is 16.0 Å². The minimum atomic E-state index is -0.882. The van der Waals surface area contributed by atoms with Crippen molar-refractivity contribution in [2.24, 2.45) is 0 Å². The number of ether oxygens (including phenoxy) is 3. The second kappa shape index (κ2) is 7.32. The lowest BCUT2D eigenvalue weighted by Crippen LogP contribution is -2.28. The van der Waals surface area contributed by atoms with E-state index < -0.39 is 12.1 Å². The number of carbonyl (C=O) groups excluding carboxylic acids is 1. The number of carbonyl (C=O) groups is 1. The molecule has 2 aromatic rings. The SMILES string of the molecule is COC(=O)C1=CC(O)c2cc(OC)c(OC)c3c2C1CC(c1ccccc1)C3. The summed E-state index contributed by atoms with van der Waals surface area (Å²) in [6.07, 6.45) is 2.26. The van der Waals surface area contributed by atoms with Gasteiger partial charge in [-0.2, -0.15) is 0 Å². The minimum Gasteiger partial charge on any atom is -0.493 e. The molecule has 0 radical (unpaired) electrons. The maximum absolute atomic E-state index is 12.5. The van der Waals surface area contributed by atoms with E-state index in [9.17, 15) is 9.90 Å². The smallest absolute Gasteiger partial charge is 0.334 e. The number of hydrogen-bond donors (Lipinski definition) is 1. The van der Waals surface area contributed by atoms with Crippen molar-refractivity contribution in [3.8, 4) is 11.5 Å². The summed E-state index contributed by atoms with van der Waals surface area (Å²) in [5.41, 5.74) is 4.47. The Labute approximate surface area is 164 Å². The first-order chi connectivity index (χ1) is 13.6. The van der Waals surface area contributed by atoms with Gasteiger partial charge in [-0.25, -0.2) is 4.79 Å². The molecular formula is C23H24O5. The number of hydrogen-bond acceptors (Lipinski definition) is 5. The Hall–Kier alpha value is -2.79. The van der Waals surface area contributed by atoms with Gasteiger partial charge in [0.15, 0.2) is 11.5 Å². The van der Waals surface area contributed by atoms with E-state index in [-0.39, 0.29) is 11.8 Å². The van der Waals surface area contributed by atoms with Crippen LogP contribution in [0.15, 0.2) is 48.0 Å². The summed E-state index contributed by atoms with van der Waals surface area (Å²) in [7, 11) is 4.59. The van der Waals surface area contributed by atoms with Crippen LogP contribution in [0, 0.1) is 0 Å². The lowest BCUT2D eigenvalue weighted by atomic mass is 9.67. The number of methoxy groups -OCH3 is 3. The van der Waals surface area contributed by atoms with E-state index in [1.807, 2.05) is 24.3 Å². The summed E-state index contributed by atoms with van der Waals surface area (Å²) in [5.74, 6) is 0.933. The normalized spacial score (nSPS) is 22.7. The van der Waals surface area contributed by atoms with E-state index in [0.717, 1.165) is 29.5 Å². The van der Waals surface area contributed by atoms with E-state index in [1.54, 1.807) is 20.3 Å². The van der Waals surface area contributed by atoms with Gasteiger partial charge in [0, 0.05) is 17.1 Å². The summed E-state index contributed by atoms with van der Waals surface area (Å²) in [4.78, 5) is 12.5. The summed E-state index contributed by atoms with van der Waals surface area (Å²) >= 11 is 0. The van der Waals surface area contributed by atoms with Gasteiger partial charge in [0.25, 0.3) is 0 Å². The summed E-state index contributed by atoms with van der Waals surface area (Å²) < 4.78 is 16.3. The van der Waals surface area contributed by atoms with Crippen molar-refractivity contribution in [3.05, 3.63) is 70.3 Å². The van der Waals surface area contributed by atoms with Gasteiger partial charge in [0.05, 0.1) is 27.4 Å². The summed E-state index contributed by atoms with van der Waals surface area (Å²) in [6.45, 7) is 0. The van der Waals surface area contributed by atoms with Crippen LogP contribution in [0.5, 0.6) is 11.5 Å². The highest BCUT2D eigenvalue weighted by Gasteiger charge is 2.41. The maximum Gasteiger partial charge on any atom is 0.334 e. The molecule has 0 spiro atoms. The molecule has 3 unspecified atom stereocenters. The van der Waals surface area contributed by atoms with E-state index in [0.29, 0.717) is 17.1 Å². The molecule has 0 fully saturated rings. The highest BCUT2D eigenvalue weighted by atomic mass is 16.5. The molecule has 3 atom stereocenters. The number of esters is 1. The molecule has 5 heteroatoms. The molecular weight excluding hydrogens is 356 g/mol. The van der Waals surface area contributed by atoms with Gasteiger partial charge in [-0.3, -0.25) is 0 Å². The molecule has 0 saturated carbocycles. The number of aliphatic hydroxyl groups excluding tert-OH is 1. The third-order valence-corrected chi connectivity index (χ3v) is 5.89. The van der Waals surface area contributed by atoms with Crippen LogP contribution < -0.4 is 9.47 Å². The van der Waals surface area contributed by atoms with Gasteiger partial charge in [-0.15, -0.1) is 0 Å². The maximum atomic E-state index is 12.5. The summed E-state index contributed by atoms with van der Waals surface area (Å²) in [6, 6.07) is 12.1. The molecule has 0 heterocycles. The Balaban J connectivity index is 1.93. The molecule has 4 rings (SSSR count). The van der Waals surface area contributed by atoms with Crippen LogP contribution in [-0.4, -0.2) is 32.4 Å². The van der Waals surface area contributed by atoms with Crippen LogP contribution in [0.25, 0.3) is 0 Å². The van der Waals surface area contributed by atoms with Crippen molar-refractivity contribution in [2.75, 3.05) is 21.3 Å². The molecule has 2 aromatic carbocycles. The zero-order valence-corrected chi connectivity index (χ0v) is 16.3. The predicted octanol–water partition coefficient (Wildman–Crippen LogP) is 3.66. The predicted molar refractivity (Wildman–Crippen MR) is 105 cm³/mol. The standard InChI is InChI=1S/C23H24O5/c1-26-20-12-17-19(24)11-16(23(25)28-3)15-9-14(13-7-5-4-6-8-13)10-18(21(15)17)22(20)27-2/h4-8,11-12,14-15,19,24H,9-10H2,1-3H3. The largest absolute Gasteiger partial charge is 0.493 e. The fraction of sp³-hybridized carbons (Fsp3) is 0.348. The molecule has 0 bridgehead atoms. The second-order valence-electron chi connectivity index (χ2n) is 7.25. The zero-order chi connectivity index (χ0) is 19.8. The van der Waals surface area contributed by atoms with Crippen LogP contribution in [0.1, 0.15) is 46.6 Å². The third-order valence-electron chi connectivity index (χ3n) is 5.89. The fourth-order valence-corrected chi connectivity index (χ4v) is 4.66. The monoisotopic (exact) mass is 380 g/mol. The van der Waals surface area contributed by atoms with E-state index >= 15 is 0 Å². The molecule has 28 heavy (non-hydrogen) atoms. The molecule has 0 aliphatic heterocycles. The van der Waals surface area contributed by atoms with Crippen LogP contribution >= 0.6 is 0 Å². The minimum absolute atomic E-state index is 0.153. The lowest BCUT2D eigenvalue weighted by molar-refractivity contribution is -0.136. The first-order valence-electron chi connectivity index (χ1n) is 9.39. The van der Waals surface area contributed by atoms with Gasteiger partial charge >= 0.3 is 5.97 Å². The molecule has 0 aromatic heterocycles. The van der Waals surface area contributed by atoms with Gasteiger partial charge in [0.2, 0.25) is 0 Å². The number of aliphatic hydroxyl groups is 1. The quantitative estimate of drug-likeness (QED) is 0.820. The second-order valence-corrected chi connectivity index (χ2v) is 7.25. The van der Waals surface area contributed by atoms with Crippen molar-refractivity contribution in [1.82, 2.24) is 0 Å². The lowest BCUT2D eigenvalue weighted by Gasteiger charge is -2.38. The van der Waals surface area contributed by atoms with Crippen LogP contribution in [0.2, 0.25) is 0 Å². The molecule has 146 valence electrons. The van der Waals surface area contributed by atoms with Gasteiger partial charge in [0.1, 0.15) is 0 Å². The average Bonchev–Trinajstić information content (AvgIpc) is 2.75. The highest BCUT2D eigenvalue weighted by Crippen LogP contribution is 2.53. The van der Waals surface area contributed by atoms with Crippen LogP contribution in [0.3, 0.4) is 0 Å². The number of rotatable bonds is 4. The topological polar surface area (TPSA) is 65.0 Å². The summed E-state index contributed by atoms with van der Waals surface area (Å²) in [5, 5.41) is 10.7. The van der Waals surface area contributed by atoms with Crippen LogP contribution in [0.4, 0.5) is 0 Å². The van der Waals surface area contributed by atoms with E-state index in [4.69, 9.17) is 14.2 Å². The molecule has 5 nitrogen and oxygen atoms in total. The van der Waals surface area contributed by atoms with Crippen molar-refractivity contribution in [3.63, 3.8) is 0 Å². The Morgan fingerprint density at radius 3 is 2.50 bits per heavy atom. The van der Waals surface area contributed by atoms with E-state index in [1.165, 1.54) is 12.7 Å². The van der Waals surface area contributed by atoms with Crippen molar-refractivity contribution in [2.45, 2.75) is 30.8 Å². The van der Waals surface area contributed by atoms with Gasteiger partial charge in [-0.1, -0.05) is 30.3 Å². The molecule has 0 amide bonds. The van der Waals surface area contributed by atoms with Gasteiger partial charge in [-0.05, 0) is 47.6 Å². The zero-order valence-electron chi connectivity index (χ0n) is 16.3. The Morgan fingerprint density at radius 1 is 1.11 bits per heavy atom. The first kappa shape index (κ1) is 18.6. The highest BCUT2D eigenvalue weighted by molar-refractivity contribution is 5.91. The number of benzene rings is 2. The third kappa shape index (κ3) is 2.87. The molecule has 2 aliphatic rings. The Morgan fingerprint density at radius 2 is 1.86 bits per heavy atom. The van der Waals surface area contributed by atoms with Crippen molar-refractivity contribution >= 4 is 5.97 Å². The average molecular weight is 380 g/mol.